The van der Waals surface area contributed by atoms with Crippen molar-refractivity contribution in [3.63, 3.8) is 0 Å². The fraction of sp³-hybridized carbons (Fsp3) is 0.944. The Morgan fingerprint density at radius 2 is 1.27 bits per heavy atom. The fourth-order valence-corrected chi connectivity index (χ4v) is 4.93. The van der Waals surface area contributed by atoms with Gasteiger partial charge in [0.25, 0.3) is 0 Å². The van der Waals surface area contributed by atoms with E-state index in [1.54, 1.807) is 0 Å². The first-order valence-corrected chi connectivity index (χ1v) is 12.6. The predicted molar refractivity (Wildman–Crippen MR) is 88.5 cm³/mol. The van der Waals surface area contributed by atoms with Crippen LogP contribution in [0, 0.1) is 0 Å². The number of carboxylic acids is 1. The standard InChI is InChI=1S/C18H35O2.H2O.Zn/c1-2-3-4-5-6-7-8-9-10-11-12-13-14-15-16-17-18(19)20;;/h7H,2-6,8-17H2,1H3,(H,19,20);1H2;/q;;+1/p-1. The van der Waals surface area contributed by atoms with Gasteiger partial charge in [0.15, 0.2) is 0 Å². The maximum absolute atomic E-state index is 10.4. The Kier molecular flexibility index (Phi) is 17.5. The maximum atomic E-state index is 10.4. The number of hydrogen-bond acceptors (Lipinski definition) is 2. The molecule has 0 aliphatic heterocycles. The molecule has 0 saturated carbocycles. The Labute approximate surface area is 145 Å². The van der Waals surface area contributed by atoms with Crippen LogP contribution in [-0.4, -0.2) is 15.0 Å². The predicted octanol–water partition coefficient (Wildman–Crippen LogP) is 5.72. The van der Waals surface area contributed by atoms with Gasteiger partial charge in [-0.2, -0.15) is 0 Å². The minimum atomic E-state index is -1.22. The van der Waals surface area contributed by atoms with Crippen molar-refractivity contribution in [2.45, 2.75) is 108 Å². The molecule has 0 aromatic heterocycles. The second kappa shape index (κ2) is 17.4. The Morgan fingerprint density at radius 3 is 1.73 bits per heavy atom. The van der Waals surface area contributed by atoms with Crippen LogP contribution < -0.4 is 0 Å². The van der Waals surface area contributed by atoms with E-state index in [1.807, 2.05) is 0 Å². The summed E-state index contributed by atoms with van der Waals surface area (Å²) in [5.74, 6) is -0.669. The molecule has 3 nitrogen and oxygen atoms in total. The molecule has 0 fully saturated rings. The molecule has 0 spiro atoms. The van der Waals surface area contributed by atoms with Gasteiger partial charge in [0, 0.05) is 0 Å². The van der Waals surface area contributed by atoms with Crippen LogP contribution in [0.3, 0.4) is 0 Å². The topological polar surface area (TPSA) is 57.5 Å². The Morgan fingerprint density at radius 1 is 0.818 bits per heavy atom. The fourth-order valence-electron chi connectivity index (χ4n) is 2.96. The third kappa shape index (κ3) is 16.4. The number of rotatable bonds is 17. The molecule has 22 heavy (non-hydrogen) atoms. The van der Waals surface area contributed by atoms with Gasteiger partial charge in [-0.05, 0) is 0 Å². The molecule has 0 aromatic carbocycles. The summed E-state index contributed by atoms with van der Waals surface area (Å²) in [6.45, 7) is 2.24. The van der Waals surface area contributed by atoms with E-state index in [1.165, 1.54) is 77.0 Å². The first-order chi connectivity index (χ1) is 10.7. The number of hydrogen-bond donors (Lipinski definition) is 2. The summed E-state index contributed by atoms with van der Waals surface area (Å²) in [5.41, 5.74) is 0. The number of unbranched alkanes of at least 4 members (excludes halogenated alkanes) is 10. The van der Waals surface area contributed by atoms with Gasteiger partial charge in [-0.1, -0.05) is 0 Å². The summed E-state index contributed by atoms with van der Waals surface area (Å²) in [6, 6.07) is 0. The van der Waals surface area contributed by atoms with Crippen LogP contribution in [0.1, 0.15) is 103 Å². The zero-order chi connectivity index (χ0) is 16.5. The summed E-state index contributed by atoms with van der Waals surface area (Å²) < 4.78 is 10.3. The van der Waals surface area contributed by atoms with Gasteiger partial charge in [-0.25, -0.2) is 0 Å². The molecule has 4 heteroatoms. The average Bonchev–Trinajstić information content (AvgIpc) is 2.50. The zero-order valence-corrected chi connectivity index (χ0v) is 17.7. The molecule has 0 bridgehead atoms. The first-order valence-electron chi connectivity index (χ1n) is 9.53. The van der Waals surface area contributed by atoms with Gasteiger partial charge in [-0.15, -0.1) is 0 Å². The monoisotopic (exact) mass is 364 g/mol. The van der Waals surface area contributed by atoms with Crippen molar-refractivity contribution in [3.8, 4) is 0 Å². The molecule has 0 aliphatic rings. The van der Waals surface area contributed by atoms with E-state index in [2.05, 4.69) is 6.92 Å². The number of aliphatic carboxylic acids is 1. The zero-order valence-electron chi connectivity index (χ0n) is 14.7. The van der Waals surface area contributed by atoms with Crippen molar-refractivity contribution >= 4 is 5.97 Å². The van der Waals surface area contributed by atoms with Crippen molar-refractivity contribution in [3.05, 3.63) is 0 Å². The van der Waals surface area contributed by atoms with E-state index in [-0.39, 0.29) is 0 Å². The van der Waals surface area contributed by atoms with Crippen LogP contribution >= 0.6 is 0 Å². The molecule has 0 heterocycles. The minimum absolute atomic E-state index is 0.325. The molecule has 0 amide bonds. The quantitative estimate of drug-likeness (QED) is 0.256. The van der Waals surface area contributed by atoms with Gasteiger partial charge < -0.3 is 5.11 Å². The van der Waals surface area contributed by atoms with E-state index in [0.29, 0.717) is 10.9 Å². The van der Waals surface area contributed by atoms with Crippen molar-refractivity contribution in [1.29, 1.82) is 0 Å². The van der Waals surface area contributed by atoms with E-state index in [9.17, 15) is 8.73 Å². The van der Waals surface area contributed by atoms with Crippen LogP contribution in [-0.2, 0) is 22.3 Å². The van der Waals surface area contributed by atoms with Crippen LogP contribution in [0.25, 0.3) is 0 Å². The molecule has 2 N–H and O–H groups in total. The summed E-state index contributed by atoms with van der Waals surface area (Å²) in [7, 11) is 0. The number of carbonyl (C=O) groups is 1. The molecule has 0 saturated heterocycles. The van der Waals surface area contributed by atoms with Gasteiger partial charge in [0.1, 0.15) is 0 Å². The van der Waals surface area contributed by atoms with Crippen molar-refractivity contribution < 1.29 is 31.3 Å². The van der Waals surface area contributed by atoms with Crippen LogP contribution in [0.2, 0.25) is 4.51 Å². The summed E-state index contributed by atoms with van der Waals surface area (Å²) in [6.07, 6.45) is 17.7. The van der Waals surface area contributed by atoms with Gasteiger partial charge in [-0.3, -0.25) is 4.79 Å². The Bertz CT molecular complexity index is 246. The van der Waals surface area contributed by atoms with Crippen molar-refractivity contribution in [1.82, 2.24) is 0 Å². The van der Waals surface area contributed by atoms with Crippen LogP contribution in [0.4, 0.5) is 0 Å². The van der Waals surface area contributed by atoms with Crippen molar-refractivity contribution in [2.24, 2.45) is 0 Å². The second-order valence-corrected chi connectivity index (χ2v) is 9.85. The second-order valence-electron chi connectivity index (χ2n) is 6.66. The van der Waals surface area contributed by atoms with E-state index in [0.717, 1.165) is 12.8 Å². The van der Waals surface area contributed by atoms with Crippen molar-refractivity contribution in [2.75, 3.05) is 0 Å². The SMILES string of the molecule is CCCCCC[CH](CCCCCCCCCCC(=O)O)[Zn][OH]. The molecule has 0 aliphatic carbocycles. The van der Waals surface area contributed by atoms with Crippen LogP contribution in [0.15, 0.2) is 0 Å². The number of carboxylic acid groups (broad SMARTS) is 1. The molecule has 1 unspecified atom stereocenters. The molecular weight excluding hydrogens is 330 g/mol. The Hall–Kier alpha value is 0.0534. The van der Waals surface area contributed by atoms with Crippen LogP contribution in [0.5, 0.6) is 0 Å². The van der Waals surface area contributed by atoms with E-state index in [4.69, 9.17) is 5.11 Å². The van der Waals surface area contributed by atoms with Gasteiger partial charge >= 0.3 is 135 Å². The molecule has 128 valence electrons. The molecule has 0 rings (SSSR count). The third-order valence-corrected chi connectivity index (χ3v) is 7.27. The normalized spacial score (nSPS) is 12.1. The molecule has 0 radical (unpaired) electrons. The van der Waals surface area contributed by atoms with Gasteiger partial charge in [0.2, 0.25) is 0 Å². The molecule has 1 atom stereocenters. The summed E-state index contributed by atoms with van der Waals surface area (Å²) >= 11 is -1.22. The van der Waals surface area contributed by atoms with E-state index < -0.39 is 23.5 Å². The summed E-state index contributed by atoms with van der Waals surface area (Å²) in [4.78, 5) is 10.4. The first kappa shape index (κ1) is 22.1. The summed E-state index contributed by atoms with van der Waals surface area (Å²) in [5, 5.41) is 8.55. The average molecular weight is 366 g/mol. The molecular formula is C18H36O3Zn. The third-order valence-electron chi connectivity index (χ3n) is 4.48. The molecule has 0 aromatic rings. The van der Waals surface area contributed by atoms with Gasteiger partial charge in [0.05, 0.1) is 0 Å². The van der Waals surface area contributed by atoms with E-state index >= 15 is 0 Å². The Balaban J connectivity index is 3.27.